The summed E-state index contributed by atoms with van der Waals surface area (Å²) in [5.74, 6) is 1.30. The second-order valence-electron chi connectivity index (χ2n) is 6.99. The number of ether oxygens (including phenoxy) is 1. The second-order valence-corrected chi connectivity index (χ2v) is 7.84. The van der Waals surface area contributed by atoms with Crippen molar-refractivity contribution in [1.29, 1.82) is 0 Å². The van der Waals surface area contributed by atoms with Gasteiger partial charge in [-0.05, 0) is 59.1 Å². The van der Waals surface area contributed by atoms with E-state index in [0.717, 1.165) is 58.7 Å². The van der Waals surface area contributed by atoms with Crippen molar-refractivity contribution in [3.05, 3.63) is 70.3 Å². The summed E-state index contributed by atoms with van der Waals surface area (Å²) in [6.45, 7) is 1.50. The molecule has 2 heterocycles. The lowest BCUT2D eigenvalue weighted by molar-refractivity contribution is 0.0711. The number of aromatic nitrogens is 2. The molecule has 0 unspecified atom stereocenters. The molecule has 0 spiro atoms. The number of hydrogen-bond acceptors (Lipinski definition) is 3. The molecule has 4 rings (SSSR count). The van der Waals surface area contributed by atoms with Crippen molar-refractivity contribution >= 4 is 21.8 Å². The average molecular weight is 440 g/mol. The molecule has 2 aromatic carbocycles. The maximum Gasteiger partial charge on any atom is 0.254 e. The van der Waals surface area contributed by atoms with Crippen molar-refractivity contribution in [2.45, 2.75) is 18.8 Å². The maximum atomic E-state index is 12.8. The van der Waals surface area contributed by atoms with Gasteiger partial charge in [0.1, 0.15) is 5.75 Å². The highest BCUT2D eigenvalue weighted by Gasteiger charge is 2.26. The molecule has 1 aromatic heterocycles. The molecule has 0 saturated carbocycles. The number of benzene rings is 2. The van der Waals surface area contributed by atoms with Gasteiger partial charge in [-0.2, -0.15) is 5.10 Å². The predicted molar refractivity (Wildman–Crippen MR) is 113 cm³/mol. The maximum absolute atomic E-state index is 12.8. The van der Waals surface area contributed by atoms with E-state index in [4.69, 9.17) is 4.74 Å². The molecule has 1 N–H and O–H groups in total. The van der Waals surface area contributed by atoms with Gasteiger partial charge in [0.05, 0.1) is 18.4 Å². The molecule has 1 aliphatic heterocycles. The van der Waals surface area contributed by atoms with Crippen LogP contribution in [0.4, 0.5) is 0 Å². The topological polar surface area (TPSA) is 58.2 Å². The molecule has 0 radical (unpaired) electrons. The molecule has 6 heteroatoms. The second kappa shape index (κ2) is 8.19. The Bertz CT molecular complexity index is 977. The third-order valence-electron chi connectivity index (χ3n) is 5.29. The van der Waals surface area contributed by atoms with Gasteiger partial charge in [-0.25, -0.2) is 0 Å². The van der Waals surface area contributed by atoms with Gasteiger partial charge in [0.2, 0.25) is 0 Å². The minimum absolute atomic E-state index is 0.0904. The fourth-order valence-corrected chi connectivity index (χ4v) is 4.13. The van der Waals surface area contributed by atoms with Crippen LogP contribution >= 0.6 is 15.9 Å². The van der Waals surface area contributed by atoms with Crippen LogP contribution in [0.25, 0.3) is 11.3 Å². The van der Waals surface area contributed by atoms with Crippen LogP contribution in [-0.2, 0) is 0 Å². The third kappa shape index (κ3) is 3.83. The van der Waals surface area contributed by atoms with Gasteiger partial charge in [-0.1, -0.05) is 24.3 Å². The Morgan fingerprint density at radius 1 is 1.14 bits per heavy atom. The lowest BCUT2D eigenvalue weighted by Crippen LogP contribution is -2.38. The molecular formula is C22H22BrN3O2. The number of halogens is 1. The average Bonchev–Trinajstić information content (AvgIpc) is 3.24. The first-order valence-electron chi connectivity index (χ1n) is 9.39. The number of likely N-dealkylation sites (tertiary alicyclic amines) is 1. The summed E-state index contributed by atoms with van der Waals surface area (Å²) in [6, 6.07) is 17.6. The van der Waals surface area contributed by atoms with Gasteiger partial charge in [0, 0.05) is 34.7 Å². The molecule has 1 fully saturated rings. The van der Waals surface area contributed by atoms with Crippen molar-refractivity contribution in [1.82, 2.24) is 15.1 Å². The number of amides is 1. The lowest BCUT2D eigenvalue weighted by atomic mass is 9.92. The van der Waals surface area contributed by atoms with Crippen LogP contribution < -0.4 is 4.74 Å². The summed E-state index contributed by atoms with van der Waals surface area (Å²) in [4.78, 5) is 14.7. The van der Waals surface area contributed by atoms with Crippen molar-refractivity contribution in [2.75, 3.05) is 20.2 Å². The van der Waals surface area contributed by atoms with Crippen LogP contribution in [0.5, 0.6) is 5.75 Å². The first-order chi connectivity index (χ1) is 13.7. The zero-order valence-electron chi connectivity index (χ0n) is 15.7. The van der Waals surface area contributed by atoms with Crippen LogP contribution in [0, 0.1) is 0 Å². The van der Waals surface area contributed by atoms with Crippen LogP contribution in [0.15, 0.2) is 59.1 Å². The Hall–Kier alpha value is -2.60. The summed E-state index contributed by atoms with van der Waals surface area (Å²) in [7, 11) is 1.66. The minimum Gasteiger partial charge on any atom is -0.497 e. The number of nitrogens with zero attached hydrogens (tertiary/aromatic N) is 2. The van der Waals surface area contributed by atoms with E-state index in [2.05, 4.69) is 32.2 Å². The van der Waals surface area contributed by atoms with Crippen LogP contribution in [-0.4, -0.2) is 41.2 Å². The monoisotopic (exact) mass is 439 g/mol. The van der Waals surface area contributed by atoms with E-state index >= 15 is 0 Å². The van der Waals surface area contributed by atoms with Crippen molar-refractivity contribution in [3.63, 3.8) is 0 Å². The summed E-state index contributed by atoms with van der Waals surface area (Å²) in [5, 5.41) is 7.68. The SMILES string of the molecule is COc1cccc(-c2cc(C3CCN(C(=O)c4ccccc4Br)CC3)[nH]n2)c1. The van der Waals surface area contributed by atoms with Gasteiger partial charge in [0.15, 0.2) is 0 Å². The zero-order chi connectivity index (χ0) is 19.5. The smallest absolute Gasteiger partial charge is 0.254 e. The number of H-pyrrole nitrogens is 1. The highest BCUT2D eigenvalue weighted by molar-refractivity contribution is 9.10. The zero-order valence-corrected chi connectivity index (χ0v) is 17.3. The number of carbonyl (C=O) groups is 1. The lowest BCUT2D eigenvalue weighted by Gasteiger charge is -2.31. The van der Waals surface area contributed by atoms with Crippen molar-refractivity contribution < 1.29 is 9.53 Å². The van der Waals surface area contributed by atoms with Gasteiger partial charge >= 0.3 is 0 Å². The number of nitrogens with one attached hydrogen (secondary N) is 1. The highest BCUT2D eigenvalue weighted by Crippen LogP contribution is 2.31. The Morgan fingerprint density at radius 2 is 1.93 bits per heavy atom. The summed E-state index contributed by atoms with van der Waals surface area (Å²) in [5.41, 5.74) is 3.80. The highest BCUT2D eigenvalue weighted by atomic mass is 79.9. The predicted octanol–water partition coefficient (Wildman–Crippen LogP) is 4.87. The quantitative estimate of drug-likeness (QED) is 0.630. The Kier molecular flexibility index (Phi) is 5.48. The number of hydrogen-bond donors (Lipinski definition) is 1. The molecule has 28 heavy (non-hydrogen) atoms. The molecule has 5 nitrogen and oxygen atoms in total. The van der Waals surface area contributed by atoms with Crippen LogP contribution in [0.3, 0.4) is 0 Å². The minimum atomic E-state index is 0.0904. The number of piperidine rings is 1. The van der Waals surface area contributed by atoms with E-state index in [9.17, 15) is 4.79 Å². The first-order valence-corrected chi connectivity index (χ1v) is 10.2. The van der Waals surface area contributed by atoms with Crippen molar-refractivity contribution in [3.8, 4) is 17.0 Å². The summed E-state index contributed by atoms with van der Waals surface area (Å²) >= 11 is 3.48. The number of carbonyl (C=O) groups excluding carboxylic acids is 1. The fourth-order valence-electron chi connectivity index (χ4n) is 3.67. The van der Waals surface area contributed by atoms with E-state index in [1.54, 1.807) is 7.11 Å². The molecule has 0 aliphatic carbocycles. The molecule has 3 aromatic rings. The number of rotatable bonds is 4. The van der Waals surface area contributed by atoms with Crippen LogP contribution in [0.1, 0.15) is 34.8 Å². The molecular weight excluding hydrogens is 418 g/mol. The van der Waals surface area contributed by atoms with Gasteiger partial charge in [-0.15, -0.1) is 0 Å². The molecule has 1 aliphatic rings. The van der Waals surface area contributed by atoms with E-state index in [-0.39, 0.29) is 5.91 Å². The van der Waals surface area contributed by atoms with E-state index < -0.39 is 0 Å². The number of aromatic amines is 1. The molecule has 1 saturated heterocycles. The van der Waals surface area contributed by atoms with E-state index in [1.165, 1.54) is 0 Å². The van der Waals surface area contributed by atoms with E-state index in [0.29, 0.717) is 5.92 Å². The number of methoxy groups -OCH3 is 1. The van der Waals surface area contributed by atoms with Gasteiger partial charge < -0.3 is 9.64 Å². The normalized spacial score (nSPS) is 14.9. The standard InChI is InChI=1S/C22H22BrN3O2/c1-28-17-6-4-5-16(13-17)21-14-20(24-25-21)15-9-11-26(12-10-15)22(27)18-7-2-3-8-19(18)23/h2-8,13-15H,9-12H2,1H3,(H,24,25). The van der Waals surface area contributed by atoms with Gasteiger partial charge in [-0.3, -0.25) is 9.89 Å². The summed E-state index contributed by atoms with van der Waals surface area (Å²) in [6.07, 6.45) is 1.85. The Labute approximate surface area is 172 Å². The Balaban J connectivity index is 1.42. The van der Waals surface area contributed by atoms with Gasteiger partial charge in [0.25, 0.3) is 5.91 Å². The molecule has 1 amide bonds. The molecule has 0 atom stereocenters. The largest absolute Gasteiger partial charge is 0.497 e. The van der Waals surface area contributed by atoms with Crippen molar-refractivity contribution in [2.24, 2.45) is 0 Å². The first kappa shape index (κ1) is 18.7. The van der Waals surface area contributed by atoms with Crippen LogP contribution in [0.2, 0.25) is 0 Å². The van der Waals surface area contributed by atoms with E-state index in [1.807, 2.05) is 53.4 Å². The Morgan fingerprint density at radius 3 is 2.68 bits per heavy atom. The molecule has 144 valence electrons. The fraction of sp³-hybridized carbons (Fsp3) is 0.273. The molecule has 0 bridgehead atoms. The summed E-state index contributed by atoms with van der Waals surface area (Å²) < 4.78 is 6.15. The third-order valence-corrected chi connectivity index (χ3v) is 5.98.